The van der Waals surface area contributed by atoms with E-state index in [4.69, 9.17) is 0 Å². The zero-order chi connectivity index (χ0) is 10.2. The average molecular weight is 200 g/mol. The molecule has 14 heavy (non-hydrogen) atoms. The SMILES string of the molecule is CN(C)CCNCCN1CCNCC1. The van der Waals surface area contributed by atoms with Crippen LogP contribution in [0.15, 0.2) is 0 Å². The lowest BCUT2D eigenvalue weighted by atomic mass is 10.3. The quantitative estimate of drug-likeness (QED) is 0.541. The molecule has 0 atom stereocenters. The highest BCUT2D eigenvalue weighted by Crippen LogP contribution is 1.89. The van der Waals surface area contributed by atoms with Crippen LogP contribution in [0.2, 0.25) is 0 Å². The molecule has 84 valence electrons. The smallest absolute Gasteiger partial charge is 0.0108 e. The second kappa shape index (κ2) is 7.17. The molecule has 0 radical (unpaired) electrons. The van der Waals surface area contributed by atoms with Crippen LogP contribution in [-0.4, -0.2) is 76.3 Å². The van der Waals surface area contributed by atoms with Gasteiger partial charge in [-0.05, 0) is 14.1 Å². The third-order valence-corrected chi connectivity index (χ3v) is 2.55. The Balaban J connectivity index is 1.87. The van der Waals surface area contributed by atoms with Crippen LogP contribution in [0.3, 0.4) is 0 Å². The summed E-state index contributed by atoms with van der Waals surface area (Å²) >= 11 is 0. The first-order valence-electron chi connectivity index (χ1n) is 5.57. The summed E-state index contributed by atoms with van der Waals surface area (Å²) in [6, 6.07) is 0. The molecule has 0 unspecified atom stereocenters. The van der Waals surface area contributed by atoms with Crippen LogP contribution in [0, 0.1) is 0 Å². The average Bonchev–Trinajstić information content (AvgIpc) is 2.18. The van der Waals surface area contributed by atoms with Gasteiger partial charge in [0.2, 0.25) is 0 Å². The highest BCUT2D eigenvalue weighted by atomic mass is 15.2. The Hall–Kier alpha value is -0.160. The van der Waals surface area contributed by atoms with Gasteiger partial charge in [-0.25, -0.2) is 0 Å². The Morgan fingerprint density at radius 2 is 1.93 bits per heavy atom. The maximum absolute atomic E-state index is 3.46. The van der Waals surface area contributed by atoms with Crippen LogP contribution in [0.25, 0.3) is 0 Å². The number of hydrogen-bond donors (Lipinski definition) is 2. The lowest BCUT2D eigenvalue weighted by Crippen LogP contribution is -2.46. The van der Waals surface area contributed by atoms with E-state index in [2.05, 4.69) is 34.5 Å². The molecule has 4 heteroatoms. The Labute approximate surface area is 87.6 Å². The number of nitrogens with one attached hydrogen (secondary N) is 2. The van der Waals surface area contributed by atoms with Gasteiger partial charge in [0.15, 0.2) is 0 Å². The molecule has 0 aliphatic carbocycles. The van der Waals surface area contributed by atoms with Crippen molar-refractivity contribution in [2.75, 3.05) is 66.5 Å². The molecule has 1 aliphatic rings. The third-order valence-electron chi connectivity index (χ3n) is 2.55. The Kier molecular flexibility index (Phi) is 6.10. The maximum Gasteiger partial charge on any atom is 0.0108 e. The van der Waals surface area contributed by atoms with Crippen molar-refractivity contribution in [1.82, 2.24) is 20.4 Å². The van der Waals surface area contributed by atoms with Crippen molar-refractivity contribution in [2.24, 2.45) is 0 Å². The predicted molar refractivity (Wildman–Crippen MR) is 60.7 cm³/mol. The molecule has 4 nitrogen and oxygen atoms in total. The molecule has 0 spiro atoms. The fourth-order valence-corrected chi connectivity index (χ4v) is 1.60. The topological polar surface area (TPSA) is 30.5 Å². The summed E-state index contributed by atoms with van der Waals surface area (Å²) in [6.45, 7) is 9.24. The molecule has 1 saturated heterocycles. The molecular formula is C10H24N4. The van der Waals surface area contributed by atoms with E-state index in [-0.39, 0.29) is 0 Å². The molecular weight excluding hydrogens is 176 g/mol. The summed E-state index contributed by atoms with van der Waals surface area (Å²) in [5.41, 5.74) is 0. The molecule has 2 N–H and O–H groups in total. The van der Waals surface area contributed by atoms with Gasteiger partial charge in [-0.2, -0.15) is 0 Å². The van der Waals surface area contributed by atoms with Crippen molar-refractivity contribution < 1.29 is 0 Å². The molecule has 0 aromatic rings. The first-order valence-corrected chi connectivity index (χ1v) is 5.57. The zero-order valence-corrected chi connectivity index (χ0v) is 9.55. The van der Waals surface area contributed by atoms with E-state index < -0.39 is 0 Å². The first-order chi connectivity index (χ1) is 6.79. The summed E-state index contributed by atoms with van der Waals surface area (Å²) in [6.07, 6.45) is 0. The monoisotopic (exact) mass is 200 g/mol. The number of hydrogen-bond acceptors (Lipinski definition) is 4. The fourth-order valence-electron chi connectivity index (χ4n) is 1.60. The standard InChI is InChI=1S/C10H24N4/c1-13(2)7-3-11-4-8-14-9-5-12-6-10-14/h11-12H,3-10H2,1-2H3. The van der Waals surface area contributed by atoms with Crippen molar-refractivity contribution in [3.05, 3.63) is 0 Å². The summed E-state index contributed by atoms with van der Waals surface area (Å²) in [7, 11) is 4.22. The van der Waals surface area contributed by atoms with Crippen molar-refractivity contribution >= 4 is 0 Å². The van der Waals surface area contributed by atoms with Gasteiger partial charge < -0.3 is 15.5 Å². The lowest BCUT2D eigenvalue weighted by molar-refractivity contribution is 0.240. The molecule has 1 heterocycles. The molecule has 1 fully saturated rings. The molecule has 0 aromatic carbocycles. The molecule has 1 rings (SSSR count). The van der Waals surface area contributed by atoms with Crippen LogP contribution in [-0.2, 0) is 0 Å². The highest BCUT2D eigenvalue weighted by molar-refractivity contribution is 4.68. The van der Waals surface area contributed by atoms with Gasteiger partial charge in [-0.15, -0.1) is 0 Å². The van der Waals surface area contributed by atoms with E-state index in [1.54, 1.807) is 0 Å². The zero-order valence-electron chi connectivity index (χ0n) is 9.55. The van der Waals surface area contributed by atoms with E-state index in [0.29, 0.717) is 0 Å². The summed E-state index contributed by atoms with van der Waals surface area (Å²) in [4.78, 5) is 4.72. The van der Waals surface area contributed by atoms with Crippen LogP contribution < -0.4 is 10.6 Å². The maximum atomic E-state index is 3.46. The first kappa shape index (κ1) is 11.9. The van der Waals surface area contributed by atoms with Gasteiger partial charge in [-0.3, -0.25) is 4.90 Å². The van der Waals surface area contributed by atoms with Crippen molar-refractivity contribution in [3.8, 4) is 0 Å². The highest BCUT2D eigenvalue weighted by Gasteiger charge is 2.07. The minimum atomic E-state index is 1.10. The summed E-state index contributed by atoms with van der Waals surface area (Å²) < 4.78 is 0. The van der Waals surface area contributed by atoms with E-state index in [0.717, 1.165) is 32.7 Å². The van der Waals surface area contributed by atoms with Crippen LogP contribution >= 0.6 is 0 Å². The van der Waals surface area contributed by atoms with Gasteiger partial charge in [0.05, 0.1) is 0 Å². The van der Waals surface area contributed by atoms with Gasteiger partial charge in [-0.1, -0.05) is 0 Å². The molecule has 0 saturated carbocycles. The van der Waals surface area contributed by atoms with Crippen molar-refractivity contribution in [1.29, 1.82) is 0 Å². The van der Waals surface area contributed by atoms with E-state index in [1.807, 2.05) is 0 Å². The van der Waals surface area contributed by atoms with Crippen molar-refractivity contribution in [3.63, 3.8) is 0 Å². The largest absolute Gasteiger partial charge is 0.314 e. The second-order valence-electron chi connectivity index (χ2n) is 4.14. The predicted octanol–water partition coefficient (Wildman–Crippen LogP) is -0.957. The van der Waals surface area contributed by atoms with Gasteiger partial charge >= 0.3 is 0 Å². The van der Waals surface area contributed by atoms with E-state index in [1.165, 1.54) is 19.6 Å². The minimum absolute atomic E-state index is 1.10. The second-order valence-corrected chi connectivity index (χ2v) is 4.14. The van der Waals surface area contributed by atoms with E-state index >= 15 is 0 Å². The summed E-state index contributed by atoms with van der Waals surface area (Å²) in [5, 5.41) is 6.82. The number of likely N-dealkylation sites (N-methyl/N-ethyl adjacent to an activating group) is 1. The van der Waals surface area contributed by atoms with Gasteiger partial charge in [0.1, 0.15) is 0 Å². The minimum Gasteiger partial charge on any atom is -0.314 e. The van der Waals surface area contributed by atoms with Crippen LogP contribution in [0.1, 0.15) is 0 Å². The van der Waals surface area contributed by atoms with Crippen molar-refractivity contribution in [2.45, 2.75) is 0 Å². The number of nitrogens with zero attached hydrogens (tertiary/aromatic N) is 2. The fraction of sp³-hybridized carbons (Fsp3) is 1.00. The van der Waals surface area contributed by atoms with Crippen LogP contribution in [0.5, 0.6) is 0 Å². The third kappa shape index (κ3) is 5.54. The molecule has 0 amide bonds. The molecule has 1 aliphatic heterocycles. The van der Waals surface area contributed by atoms with Gasteiger partial charge in [0, 0.05) is 52.4 Å². The Morgan fingerprint density at radius 3 is 2.57 bits per heavy atom. The molecule has 0 bridgehead atoms. The number of rotatable bonds is 6. The number of piperazine rings is 1. The van der Waals surface area contributed by atoms with Gasteiger partial charge in [0.25, 0.3) is 0 Å². The Morgan fingerprint density at radius 1 is 1.21 bits per heavy atom. The normalized spacial score (nSPS) is 19.1. The lowest BCUT2D eigenvalue weighted by Gasteiger charge is -2.27. The van der Waals surface area contributed by atoms with Crippen LogP contribution in [0.4, 0.5) is 0 Å². The molecule has 0 aromatic heterocycles. The van der Waals surface area contributed by atoms with E-state index in [9.17, 15) is 0 Å². The summed E-state index contributed by atoms with van der Waals surface area (Å²) in [5.74, 6) is 0. The Bertz CT molecular complexity index is 132.